The molecule has 1 N–H and O–H groups in total. The number of hydrogen-bond acceptors (Lipinski definition) is 3. The van der Waals surface area contributed by atoms with Gasteiger partial charge in [0, 0.05) is 24.2 Å². The number of carbonyl (C=O) groups is 1. The first-order valence-corrected chi connectivity index (χ1v) is 5.38. The molecule has 5 heteroatoms. The maximum atomic E-state index is 11.0. The van der Waals surface area contributed by atoms with E-state index in [1.807, 2.05) is 30.3 Å². The zero-order valence-corrected chi connectivity index (χ0v) is 9.32. The lowest BCUT2D eigenvalue weighted by Crippen LogP contribution is -2.03. The predicted molar refractivity (Wildman–Crippen MR) is 65.4 cm³/mol. The van der Waals surface area contributed by atoms with Crippen molar-refractivity contribution in [2.75, 3.05) is 0 Å². The van der Waals surface area contributed by atoms with E-state index in [1.165, 1.54) is 6.20 Å². The zero-order chi connectivity index (χ0) is 12.5. The van der Waals surface area contributed by atoms with Gasteiger partial charge in [0.2, 0.25) is 0 Å². The van der Waals surface area contributed by atoms with Crippen LogP contribution in [-0.2, 0) is 0 Å². The van der Waals surface area contributed by atoms with Crippen molar-refractivity contribution in [1.29, 1.82) is 0 Å². The summed E-state index contributed by atoms with van der Waals surface area (Å²) in [5.41, 5.74) is 1.98. The largest absolute Gasteiger partial charge is 0.476 e. The second kappa shape index (κ2) is 3.96. The molecule has 0 aliphatic rings. The summed E-state index contributed by atoms with van der Waals surface area (Å²) in [4.78, 5) is 19.2. The third-order valence-electron chi connectivity index (χ3n) is 2.65. The minimum Gasteiger partial charge on any atom is -0.476 e. The molecule has 88 valence electrons. The number of hydrogen-bond donors (Lipinski definition) is 1. The minimum absolute atomic E-state index is 0.0420. The highest BCUT2D eigenvalue weighted by molar-refractivity contribution is 5.92. The van der Waals surface area contributed by atoms with Gasteiger partial charge in [0.05, 0.1) is 5.69 Å². The second-order valence-corrected chi connectivity index (χ2v) is 3.80. The SMILES string of the molecule is O=C(O)c1nccn2cc(-c3ccccc3)nc12. The molecule has 5 nitrogen and oxygen atoms in total. The average molecular weight is 239 g/mol. The summed E-state index contributed by atoms with van der Waals surface area (Å²) >= 11 is 0. The molecule has 0 radical (unpaired) electrons. The van der Waals surface area contributed by atoms with Crippen LogP contribution in [0, 0.1) is 0 Å². The first kappa shape index (κ1) is 10.5. The number of carboxylic acids is 1. The van der Waals surface area contributed by atoms with E-state index in [4.69, 9.17) is 5.11 Å². The van der Waals surface area contributed by atoms with Crippen molar-refractivity contribution >= 4 is 11.6 Å². The lowest BCUT2D eigenvalue weighted by atomic mass is 10.2. The molecule has 0 fully saturated rings. The van der Waals surface area contributed by atoms with Crippen molar-refractivity contribution < 1.29 is 9.90 Å². The Kier molecular flexibility index (Phi) is 2.30. The quantitative estimate of drug-likeness (QED) is 0.743. The predicted octanol–water partition coefficient (Wildman–Crippen LogP) is 2.09. The number of benzene rings is 1. The van der Waals surface area contributed by atoms with Crippen LogP contribution in [0.3, 0.4) is 0 Å². The van der Waals surface area contributed by atoms with Gasteiger partial charge in [-0.3, -0.25) is 0 Å². The first-order valence-electron chi connectivity index (χ1n) is 5.38. The van der Waals surface area contributed by atoms with Crippen LogP contribution in [0.4, 0.5) is 0 Å². The van der Waals surface area contributed by atoms with Crippen molar-refractivity contribution in [3.8, 4) is 11.3 Å². The van der Waals surface area contributed by atoms with E-state index >= 15 is 0 Å². The summed E-state index contributed by atoms with van der Waals surface area (Å²) in [7, 11) is 0. The zero-order valence-electron chi connectivity index (χ0n) is 9.32. The Bertz CT molecular complexity index is 719. The molecular weight excluding hydrogens is 230 g/mol. The Balaban J connectivity index is 2.23. The Morgan fingerprint density at radius 3 is 2.72 bits per heavy atom. The van der Waals surface area contributed by atoms with Crippen LogP contribution in [0.1, 0.15) is 10.5 Å². The highest BCUT2D eigenvalue weighted by Gasteiger charge is 2.13. The van der Waals surface area contributed by atoms with Gasteiger partial charge in [-0.1, -0.05) is 30.3 Å². The van der Waals surface area contributed by atoms with E-state index in [0.717, 1.165) is 11.3 Å². The van der Waals surface area contributed by atoms with Gasteiger partial charge in [0.25, 0.3) is 0 Å². The molecule has 0 aliphatic heterocycles. The Hall–Kier alpha value is -2.69. The van der Waals surface area contributed by atoms with E-state index in [9.17, 15) is 4.79 Å². The molecule has 2 aromatic heterocycles. The molecule has 0 aliphatic carbocycles. The monoisotopic (exact) mass is 239 g/mol. The highest BCUT2D eigenvalue weighted by Crippen LogP contribution is 2.19. The minimum atomic E-state index is -1.08. The van der Waals surface area contributed by atoms with Gasteiger partial charge in [0.1, 0.15) is 0 Å². The molecular formula is C13H9N3O2. The number of aromatic carboxylic acids is 1. The fourth-order valence-electron chi connectivity index (χ4n) is 1.82. The van der Waals surface area contributed by atoms with Crippen LogP contribution >= 0.6 is 0 Å². The molecule has 3 rings (SSSR count). The van der Waals surface area contributed by atoms with Crippen molar-refractivity contribution in [3.05, 3.63) is 54.6 Å². The van der Waals surface area contributed by atoms with Crippen LogP contribution in [0.5, 0.6) is 0 Å². The molecule has 0 saturated heterocycles. The molecule has 3 aromatic rings. The Morgan fingerprint density at radius 1 is 1.22 bits per heavy atom. The van der Waals surface area contributed by atoms with Crippen LogP contribution in [0.2, 0.25) is 0 Å². The standard InChI is InChI=1S/C13H9N3O2/c17-13(18)11-12-15-10(8-16(12)7-6-14-11)9-4-2-1-3-5-9/h1-8H,(H,17,18). The summed E-state index contributed by atoms with van der Waals surface area (Å²) in [6, 6.07) is 9.60. The molecule has 2 heterocycles. The van der Waals surface area contributed by atoms with Gasteiger partial charge in [-0.05, 0) is 0 Å². The van der Waals surface area contributed by atoms with E-state index in [1.54, 1.807) is 16.8 Å². The van der Waals surface area contributed by atoms with Gasteiger partial charge < -0.3 is 9.51 Å². The van der Waals surface area contributed by atoms with Gasteiger partial charge in [-0.2, -0.15) is 0 Å². The summed E-state index contributed by atoms with van der Waals surface area (Å²) < 4.78 is 1.67. The van der Waals surface area contributed by atoms with Crippen LogP contribution < -0.4 is 0 Å². The maximum absolute atomic E-state index is 11.0. The smallest absolute Gasteiger partial charge is 0.358 e. The summed E-state index contributed by atoms with van der Waals surface area (Å²) in [5, 5.41) is 9.05. The van der Waals surface area contributed by atoms with Crippen molar-refractivity contribution in [1.82, 2.24) is 14.4 Å². The van der Waals surface area contributed by atoms with Gasteiger partial charge >= 0.3 is 5.97 Å². The topological polar surface area (TPSA) is 67.5 Å². The number of nitrogens with zero attached hydrogens (tertiary/aromatic N) is 3. The fourth-order valence-corrected chi connectivity index (χ4v) is 1.82. The van der Waals surface area contributed by atoms with Gasteiger partial charge in [0.15, 0.2) is 11.3 Å². The van der Waals surface area contributed by atoms with Crippen molar-refractivity contribution in [3.63, 3.8) is 0 Å². The van der Waals surface area contributed by atoms with Gasteiger partial charge in [-0.15, -0.1) is 0 Å². The average Bonchev–Trinajstić information content (AvgIpc) is 2.83. The number of rotatable bonds is 2. The third kappa shape index (κ3) is 1.62. The summed E-state index contributed by atoms with van der Waals surface area (Å²) in [5.74, 6) is -1.08. The number of fused-ring (bicyclic) bond motifs is 1. The molecule has 1 aromatic carbocycles. The summed E-state index contributed by atoms with van der Waals surface area (Å²) in [6.45, 7) is 0. The number of imidazole rings is 1. The Labute approximate surface area is 102 Å². The third-order valence-corrected chi connectivity index (χ3v) is 2.65. The van der Waals surface area contributed by atoms with Crippen molar-refractivity contribution in [2.24, 2.45) is 0 Å². The molecule has 0 spiro atoms. The van der Waals surface area contributed by atoms with Crippen LogP contribution in [-0.4, -0.2) is 25.4 Å². The number of carboxylic acid groups (broad SMARTS) is 1. The lowest BCUT2D eigenvalue weighted by Gasteiger charge is -1.95. The lowest BCUT2D eigenvalue weighted by molar-refractivity contribution is 0.0692. The molecule has 0 atom stereocenters. The van der Waals surface area contributed by atoms with E-state index in [2.05, 4.69) is 9.97 Å². The maximum Gasteiger partial charge on any atom is 0.358 e. The highest BCUT2D eigenvalue weighted by atomic mass is 16.4. The first-order chi connectivity index (χ1) is 8.75. The molecule has 0 bridgehead atoms. The van der Waals surface area contributed by atoms with E-state index < -0.39 is 5.97 Å². The second-order valence-electron chi connectivity index (χ2n) is 3.80. The molecule has 0 unspecified atom stereocenters. The normalized spacial score (nSPS) is 10.7. The fraction of sp³-hybridized carbons (Fsp3) is 0. The molecule has 18 heavy (non-hydrogen) atoms. The van der Waals surface area contributed by atoms with Crippen LogP contribution in [0.15, 0.2) is 48.9 Å². The van der Waals surface area contributed by atoms with Gasteiger partial charge in [-0.25, -0.2) is 14.8 Å². The number of aromatic nitrogens is 3. The van der Waals surface area contributed by atoms with Crippen LogP contribution in [0.25, 0.3) is 16.9 Å². The van der Waals surface area contributed by atoms with E-state index in [-0.39, 0.29) is 5.69 Å². The van der Waals surface area contributed by atoms with Crippen molar-refractivity contribution in [2.45, 2.75) is 0 Å². The molecule has 0 saturated carbocycles. The molecule has 0 amide bonds. The Morgan fingerprint density at radius 2 is 2.00 bits per heavy atom. The van der Waals surface area contributed by atoms with E-state index in [0.29, 0.717) is 5.65 Å². The summed E-state index contributed by atoms with van der Waals surface area (Å²) in [6.07, 6.45) is 4.92.